The van der Waals surface area contributed by atoms with Crippen LogP contribution >= 0.6 is 0 Å². The lowest BCUT2D eigenvalue weighted by atomic mass is 10.1. The Morgan fingerprint density at radius 3 is 3.06 bits per heavy atom. The maximum atomic E-state index is 13.1. The van der Waals surface area contributed by atoms with Crippen molar-refractivity contribution < 1.29 is 14.3 Å². The highest BCUT2D eigenvalue weighted by molar-refractivity contribution is 5.78. The fourth-order valence-electron chi connectivity index (χ4n) is 1.92. The average Bonchev–Trinajstić information content (AvgIpc) is 2.68. The Morgan fingerprint density at radius 2 is 2.35 bits per heavy atom. The minimum absolute atomic E-state index is 0.0206. The van der Waals surface area contributed by atoms with E-state index in [1.165, 1.54) is 17.1 Å². The van der Waals surface area contributed by atoms with Crippen molar-refractivity contribution in [3.63, 3.8) is 0 Å². The van der Waals surface area contributed by atoms with E-state index >= 15 is 0 Å². The van der Waals surface area contributed by atoms with Gasteiger partial charge >= 0.3 is 0 Å². The van der Waals surface area contributed by atoms with Crippen LogP contribution in [-0.2, 0) is 4.79 Å². The average molecular weight is 238 g/mol. The van der Waals surface area contributed by atoms with Crippen molar-refractivity contribution in [2.24, 2.45) is 0 Å². The van der Waals surface area contributed by atoms with Gasteiger partial charge in [0.15, 0.2) is 0 Å². The number of nitrogens with one attached hydrogen (secondary N) is 1. The van der Waals surface area contributed by atoms with Gasteiger partial charge in [0.2, 0.25) is 5.91 Å². The molecule has 0 spiro atoms. The zero-order valence-corrected chi connectivity index (χ0v) is 9.40. The van der Waals surface area contributed by atoms with Gasteiger partial charge in [-0.2, -0.15) is 0 Å². The predicted octanol–water partition coefficient (Wildman–Crippen LogP) is 0.986. The van der Waals surface area contributed by atoms with Gasteiger partial charge in [-0.05, 0) is 24.1 Å². The van der Waals surface area contributed by atoms with E-state index < -0.39 is 0 Å². The molecule has 0 aliphatic carbocycles. The van der Waals surface area contributed by atoms with Gasteiger partial charge in [0, 0.05) is 19.6 Å². The van der Waals surface area contributed by atoms with Gasteiger partial charge in [0.1, 0.15) is 5.82 Å². The van der Waals surface area contributed by atoms with E-state index in [0.29, 0.717) is 19.4 Å². The second kappa shape index (κ2) is 5.25. The lowest BCUT2D eigenvalue weighted by molar-refractivity contribution is -0.129. The Bertz CT molecular complexity index is 411. The molecule has 1 aromatic carbocycles. The number of rotatable bonds is 4. The van der Waals surface area contributed by atoms with Crippen molar-refractivity contribution in [1.29, 1.82) is 0 Å². The number of aliphatic hydroxyl groups excluding tert-OH is 1. The van der Waals surface area contributed by atoms with Crippen molar-refractivity contribution in [2.75, 3.05) is 13.2 Å². The maximum Gasteiger partial charge on any atom is 0.238 e. The molecule has 1 aromatic rings. The maximum absolute atomic E-state index is 13.1. The molecule has 1 saturated heterocycles. The SMILES string of the molecule is O=C1CC(c2cccc(F)c2)NN1CCCO. The molecule has 1 fully saturated rings. The van der Waals surface area contributed by atoms with Crippen molar-refractivity contribution >= 4 is 5.91 Å². The fourth-order valence-corrected chi connectivity index (χ4v) is 1.92. The monoisotopic (exact) mass is 238 g/mol. The van der Waals surface area contributed by atoms with Crippen LogP contribution in [0.4, 0.5) is 4.39 Å². The number of aliphatic hydroxyl groups is 1. The van der Waals surface area contributed by atoms with Gasteiger partial charge in [0.25, 0.3) is 0 Å². The summed E-state index contributed by atoms with van der Waals surface area (Å²) in [6, 6.07) is 6.07. The summed E-state index contributed by atoms with van der Waals surface area (Å²) in [4.78, 5) is 11.6. The van der Waals surface area contributed by atoms with Gasteiger partial charge in [-0.3, -0.25) is 9.80 Å². The normalized spacial score (nSPS) is 20.0. The first kappa shape index (κ1) is 12.0. The molecule has 1 unspecified atom stereocenters. The number of carbonyl (C=O) groups is 1. The molecule has 0 saturated carbocycles. The zero-order valence-electron chi connectivity index (χ0n) is 9.40. The molecule has 2 rings (SSSR count). The summed E-state index contributed by atoms with van der Waals surface area (Å²) in [6.07, 6.45) is 0.865. The van der Waals surface area contributed by atoms with Crippen LogP contribution in [0.1, 0.15) is 24.4 Å². The summed E-state index contributed by atoms with van der Waals surface area (Å²) in [7, 11) is 0. The van der Waals surface area contributed by atoms with Crippen molar-refractivity contribution in [1.82, 2.24) is 10.4 Å². The van der Waals surface area contributed by atoms with Crippen LogP contribution < -0.4 is 5.43 Å². The predicted molar refractivity (Wildman–Crippen MR) is 60.3 cm³/mol. The molecular formula is C12H15FN2O2. The molecule has 1 amide bonds. The van der Waals surface area contributed by atoms with Crippen LogP contribution in [0.25, 0.3) is 0 Å². The first-order valence-electron chi connectivity index (χ1n) is 5.63. The van der Waals surface area contributed by atoms with Crippen LogP contribution in [-0.4, -0.2) is 29.2 Å². The van der Waals surface area contributed by atoms with Gasteiger partial charge < -0.3 is 5.11 Å². The van der Waals surface area contributed by atoms with Gasteiger partial charge in [0.05, 0.1) is 6.04 Å². The summed E-state index contributed by atoms with van der Waals surface area (Å²) >= 11 is 0. The summed E-state index contributed by atoms with van der Waals surface area (Å²) in [5.41, 5.74) is 3.79. The smallest absolute Gasteiger partial charge is 0.238 e. The van der Waals surface area contributed by atoms with E-state index in [-0.39, 0.29) is 24.4 Å². The van der Waals surface area contributed by atoms with Crippen LogP contribution in [0.3, 0.4) is 0 Å². The molecule has 5 heteroatoms. The Hall–Kier alpha value is -1.46. The number of hydrogen-bond acceptors (Lipinski definition) is 3. The lowest BCUT2D eigenvalue weighted by Crippen LogP contribution is -2.36. The molecule has 2 N–H and O–H groups in total. The molecule has 1 aliphatic rings. The number of nitrogens with zero attached hydrogens (tertiary/aromatic N) is 1. The van der Waals surface area contributed by atoms with E-state index in [9.17, 15) is 9.18 Å². The van der Waals surface area contributed by atoms with Gasteiger partial charge in [-0.25, -0.2) is 9.82 Å². The topological polar surface area (TPSA) is 52.6 Å². The fraction of sp³-hybridized carbons (Fsp3) is 0.417. The highest BCUT2D eigenvalue weighted by Gasteiger charge is 2.29. The van der Waals surface area contributed by atoms with Crippen molar-refractivity contribution in [3.05, 3.63) is 35.6 Å². The van der Waals surface area contributed by atoms with Crippen molar-refractivity contribution in [2.45, 2.75) is 18.9 Å². The van der Waals surface area contributed by atoms with Crippen molar-refractivity contribution in [3.8, 4) is 0 Å². The molecule has 0 aromatic heterocycles. The number of hydrogen-bond donors (Lipinski definition) is 2. The summed E-state index contributed by atoms with van der Waals surface area (Å²) < 4.78 is 13.1. The first-order valence-corrected chi connectivity index (χ1v) is 5.63. The van der Waals surface area contributed by atoms with E-state index in [2.05, 4.69) is 5.43 Å². The van der Waals surface area contributed by atoms with E-state index in [1.807, 2.05) is 0 Å². The molecule has 1 atom stereocenters. The van der Waals surface area contributed by atoms with Crippen LogP contribution in [0.2, 0.25) is 0 Å². The lowest BCUT2D eigenvalue weighted by Gasteiger charge is -2.17. The van der Waals surface area contributed by atoms with Crippen LogP contribution in [0.5, 0.6) is 0 Å². The second-order valence-corrected chi connectivity index (χ2v) is 4.06. The number of halogens is 1. The first-order chi connectivity index (χ1) is 8.20. The summed E-state index contributed by atoms with van der Waals surface area (Å²) in [5.74, 6) is -0.321. The third-order valence-corrected chi connectivity index (χ3v) is 2.78. The van der Waals surface area contributed by atoms with Gasteiger partial charge in [-0.1, -0.05) is 12.1 Å². The minimum Gasteiger partial charge on any atom is -0.396 e. The largest absolute Gasteiger partial charge is 0.396 e. The molecular weight excluding hydrogens is 223 g/mol. The Balaban J connectivity index is 2.03. The van der Waals surface area contributed by atoms with Gasteiger partial charge in [-0.15, -0.1) is 0 Å². The third-order valence-electron chi connectivity index (χ3n) is 2.78. The molecule has 0 bridgehead atoms. The summed E-state index contributed by atoms with van der Waals surface area (Å²) in [5, 5.41) is 10.2. The molecule has 17 heavy (non-hydrogen) atoms. The van der Waals surface area contributed by atoms with E-state index in [1.54, 1.807) is 12.1 Å². The highest BCUT2D eigenvalue weighted by atomic mass is 19.1. The Labute approximate surface area is 99.0 Å². The highest BCUT2D eigenvalue weighted by Crippen LogP contribution is 2.24. The number of amides is 1. The van der Waals surface area contributed by atoms with Crippen LogP contribution in [0.15, 0.2) is 24.3 Å². The standard InChI is InChI=1S/C12H15FN2O2/c13-10-4-1-3-9(7-10)11-8-12(17)15(14-11)5-2-6-16/h1,3-4,7,11,14,16H,2,5-6,8H2. The third kappa shape index (κ3) is 2.81. The quantitative estimate of drug-likeness (QED) is 0.822. The van der Waals surface area contributed by atoms with Crippen LogP contribution in [0, 0.1) is 5.82 Å². The number of hydrazine groups is 1. The minimum atomic E-state index is -0.300. The summed E-state index contributed by atoms with van der Waals surface area (Å²) in [6.45, 7) is 0.525. The Kier molecular flexibility index (Phi) is 3.71. The second-order valence-electron chi connectivity index (χ2n) is 4.06. The molecule has 1 aliphatic heterocycles. The molecule has 1 heterocycles. The number of carbonyl (C=O) groups excluding carboxylic acids is 1. The molecule has 92 valence electrons. The number of benzene rings is 1. The van der Waals surface area contributed by atoms with E-state index in [4.69, 9.17) is 5.11 Å². The zero-order chi connectivity index (χ0) is 12.3. The molecule has 0 radical (unpaired) electrons. The van der Waals surface area contributed by atoms with E-state index in [0.717, 1.165) is 5.56 Å². The Morgan fingerprint density at radius 1 is 1.53 bits per heavy atom. The molecule has 4 nitrogen and oxygen atoms in total.